The maximum Gasteiger partial charge on any atom is 0.343 e. The molecule has 2 aromatic carbocycles. The Labute approximate surface area is 198 Å². The van der Waals surface area contributed by atoms with E-state index in [1.807, 2.05) is 18.2 Å². The summed E-state index contributed by atoms with van der Waals surface area (Å²) in [5.41, 5.74) is 2.32. The fraction of sp³-hybridized carbons (Fsp3) is 0.448. The smallest absolute Gasteiger partial charge is 0.343 e. The van der Waals surface area contributed by atoms with E-state index in [0.29, 0.717) is 23.8 Å². The van der Waals surface area contributed by atoms with E-state index in [2.05, 4.69) is 27.7 Å². The molecule has 0 radical (unpaired) electrons. The van der Waals surface area contributed by atoms with Gasteiger partial charge in [0.2, 0.25) is 0 Å². The highest BCUT2D eigenvalue weighted by molar-refractivity contribution is 6.02. The van der Waals surface area contributed by atoms with Crippen molar-refractivity contribution >= 4 is 17.8 Å². The second kappa shape index (κ2) is 11.8. The van der Waals surface area contributed by atoms with Gasteiger partial charge in [-0.25, -0.2) is 4.79 Å². The number of rotatable bonds is 9. The molecule has 0 aliphatic heterocycles. The molecule has 0 heterocycles. The molecule has 0 spiro atoms. The highest BCUT2D eigenvalue weighted by Crippen LogP contribution is 2.35. The third-order valence-electron chi connectivity index (χ3n) is 6.39. The monoisotopic (exact) mass is 448 g/mol. The fourth-order valence-electron chi connectivity index (χ4n) is 4.23. The summed E-state index contributed by atoms with van der Waals surface area (Å²) in [5, 5.41) is 0. The van der Waals surface area contributed by atoms with Gasteiger partial charge in [-0.15, -0.1) is 0 Å². The summed E-state index contributed by atoms with van der Waals surface area (Å²) in [6.07, 6.45) is 7.33. The second-order valence-corrected chi connectivity index (χ2v) is 9.33. The van der Waals surface area contributed by atoms with E-state index in [4.69, 9.17) is 9.47 Å². The first-order chi connectivity index (χ1) is 15.9. The van der Waals surface area contributed by atoms with E-state index in [9.17, 15) is 9.59 Å². The summed E-state index contributed by atoms with van der Waals surface area (Å²) in [6.45, 7) is 9.20. The van der Waals surface area contributed by atoms with Gasteiger partial charge in [-0.3, -0.25) is 4.79 Å². The molecule has 0 N–H and O–H groups in total. The second-order valence-electron chi connectivity index (χ2n) is 9.33. The molecule has 176 valence electrons. The van der Waals surface area contributed by atoms with Gasteiger partial charge in [0.1, 0.15) is 11.5 Å². The van der Waals surface area contributed by atoms with Crippen molar-refractivity contribution < 1.29 is 19.1 Å². The van der Waals surface area contributed by atoms with Crippen molar-refractivity contribution in [2.75, 3.05) is 6.61 Å². The number of allylic oxidation sites excluding steroid dienone is 1. The molecule has 2 aromatic rings. The quantitative estimate of drug-likeness (QED) is 0.177. The standard InChI is InChI=1S/C29H36O4/c1-5-6-7-18-32-24-15-11-23(12-16-24)29(31)33-25-13-9-22(10-14-25)19-27-21(4)8-17-26(20(2)3)28(27)30/h9-16,19-21,26H,5-8,17-18H2,1-4H3/b27-19-. The fourth-order valence-corrected chi connectivity index (χ4v) is 4.23. The molecule has 1 aliphatic carbocycles. The van der Waals surface area contributed by atoms with Gasteiger partial charge in [0.25, 0.3) is 0 Å². The molecule has 33 heavy (non-hydrogen) atoms. The Hall–Kier alpha value is -2.88. The van der Waals surface area contributed by atoms with Crippen LogP contribution in [0.15, 0.2) is 54.1 Å². The number of hydrogen-bond donors (Lipinski definition) is 0. The van der Waals surface area contributed by atoms with E-state index in [0.717, 1.165) is 49.0 Å². The molecule has 0 bridgehead atoms. The molecule has 1 saturated carbocycles. The third-order valence-corrected chi connectivity index (χ3v) is 6.39. The van der Waals surface area contributed by atoms with E-state index in [-0.39, 0.29) is 17.6 Å². The average Bonchev–Trinajstić information content (AvgIpc) is 2.80. The van der Waals surface area contributed by atoms with Crippen LogP contribution in [0.3, 0.4) is 0 Å². The van der Waals surface area contributed by atoms with Gasteiger partial charge < -0.3 is 9.47 Å². The van der Waals surface area contributed by atoms with Gasteiger partial charge in [0, 0.05) is 5.92 Å². The summed E-state index contributed by atoms with van der Waals surface area (Å²) in [7, 11) is 0. The van der Waals surface area contributed by atoms with Crippen LogP contribution in [-0.4, -0.2) is 18.4 Å². The van der Waals surface area contributed by atoms with Crippen LogP contribution < -0.4 is 9.47 Å². The van der Waals surface area contributed by atoms with Gasteiger partial charge in [0.05, 0.1) is 12.2 Å². The number of Topliss-reactive ketones (excluding diaryl/α,β-unsaturated/α-hetero) is 1. The first kappa shape index (κ1) is 24.8. The summed E-state index contributed by atoms with van der Waals surface area (Å²) < 4.78 is 11.2. The Morgan fingerprint density at radius 2 is 1.67 bits per heavy atom. The van der Waals surface area contributed by atoms with Gasteiger partial charge in [-0.2, -0.15) is 0 Å². The Kier molecular flexibility index (Phi) is 8.87. The molecule has 0 amide bonds. The number of carbonyl (C=O) groups is 2. The van der Waals surface area contributed by atoms with E-state index < -0.39 is 5.97 Å². The molecule has 0 saturated heterocycles. The number of carbonyl (C=O) groups excluding carboxylic acids is 2. The van der Waals surface area contributed by atoms with Crippen molar-refractivity contribution in [1.29, 1.82) is 0 Å². The summed E-state index contributed by atoms with van der Waals surface area (Å²) >= 11 is 0. The van der Waals surface area contributed by atoms with Crippen LogP contribution in [0, 0.1) is 17.8 Å². The molecule has 2 unspecified atom stereocenters. The van der Waals surface area contributed by atoms with Crippen molar-refractivity contribution in [1.82, 2.24) is 0 Å². The number of benzene rings is 2. The molecule has 2 atom stereocenters. The largest absolute Gasteiger partial charge is 0.494 e. The number of hydrogen-bond acceptors (Lipinski definition) is 4. The van der Waals surface area contributed by atoms with Crippen LogP contribution >= 0.6 is 0 Å². The van der Waals surface area contributed by atoms with Crippen molar-refractivity contribution in [2.24, 2.45) is 17.8 Å². The zero-order valence-electron chi connectivity index (χ0n) is 20.3. The number of esters is 1. The maximum atomic E-state index is 12.9. The zero-order chi connectivity index (χ0) is 23.8. The normalized spacial score (nSPS) is 19.7. The predicted molar refractivity (Wildman–Crippen MR) is 133 cm³/mol. The third kappa shape index (κ3) is 6.80. The van der Waals surface area contributed by atoms with Crippen molar-refractivity contribution in [3.63, 3.8) is 0 Å². The van der Waals surface area contributed by atoms with Crippen LogP contribution in [0.4, 0.5) is 0 Å². The topological polar surface area (TPSA) is 52.6 Å². The van der Waals surface area contributed by atoms with Gasteiger partial charge in [-0.1, -0.05) is 52.7 Å². The molecule has 4 heteroatoms. The highest BCUT2D eigenvalue weighted by Gasteiger charge is 2.32. The van der Waals surface area contributed by atoms with Gasteiger partial charge in [0.15, 0.2) is 5.78 Å². The van der Waals surface area contributed by atoms with Crippen LogP contribution in [0.25, 0.3) is 6.08 Å². The lowest BCUT2D eigenvalue weighted by molar-refractivity contribution is -0.122. The maximum absolute atomic E-state index is 12.9. The van der Waals surface area contributed by atoms with Gasteiger partial charge >= 0.3 is 5.97 Å². The Balaban J connectivity index is 1.60. The minimum Gasteiger partial charge on any atom is -0.494 e. The molecular formula is C29H36O4. The van der Waals surface area contributed by atoms with Crippen molar-refractivity contribution in [2.45, 2.75) is 59.8 Å². The van der Waals surface area contributed by atoms with Crippen LogP contribution in [-0.2, 0) is 4.79 Å². The van der Waals surface area contributed by atoms with Crippen LogP contribution in [0.2, 0.25) is 0 Å². The molecule has 4 nitrogen and oxygen atoms in total. The minimum atomic E-state index is -0.408. The average molecular weight is 449 g/mol. The summed E-state index contributed by atoms with van der Waals surface area (Å²) in [5.74, 6) is 1.84. The zero-order valence-corrected chi connectivity index (χ0v) is 20.3. The number of ether oxygens (including phenoxy) is 2. The van der Waals surface area contributed by atoms with E-state index in [1.54, 1.807) is 36.4 Å². The molecule has 3 rings (SSSR count). The van der Waals surface area contributed by atoms with Gasteiger partial charge in [-0.05, 0) is 84.7 Å². The molecule has 0 aromatic heterocycles. The SMILES string of the molecule is CCCCCOc1ccc(C(=O)Oc2ccc(/C=C3\C(=O)C(C(C)C)CCC3C)cc2)cc1. The van der Waals surface area contributed by atoms with Crippen molar-refractivity contribution in [3.05, 3.63) is 65.2 Å². The molecule has 1 aliphatic rings. The lowest BCUT2D eigenvalue weighted by Crippen LogP contribution is -2.30. The molecular weight excluding hydrogens is 412 g/mol. The minimum absolute atomic E-state index is 0.112. The first-order valence-corrected chi connectivity index (χ1v) is 12.2. The van der Waals surface area contributed by atoms with Crippen molar-refractivity contribution in [3.8, 4) is 11.5 Å². The first-order valence-electron chi connectivity index (χ1n) is 12.2. The lowest BCUT2D eigenvalue weighted by atomic mass is 9.73. The lowest BCUT2D eigenvalue weighted by Gasteiger charge is -2.30. The van der Waals surface area contributed by atoms with Crippen LogP contribution in [0.5, 0.6) is 11.5 Å². The highest BCUT2D eigenvalue weighted by atomic mass is 16.5. The van der Waals surface area contributed by atoms with E-state index >= 15 is 0 Å². The summed E-state index contributed by atoms with van der Waals surface area (Å²) in [4.78, 5) is 25.4. The van der Waals surface area contributed by atoms with Crippen LogP contribution in [0.1, 0.15) is 75.7 Å². The molecule has 1 fully saturated rings. The number of ketones is 1. The predicted octanol–water partition coefficient (Wildman–Crippen LogP) is 7.13. The Bertz CT molecular complexity index is 954. The summed E-state index contributed by atoms with van der Waals surface area (Å²) in [6, 6.07) is 14.4. The Morgan fingerprint density at radius 1 is 1.00 bits per heavy atom. The number of unbranched alkanes of at least 4 members (excludes halogenated alkanes) is 2. The van der Waals surface area contributed by atoms with E-state index in [1.165, 1.54) is 0 Å². The Morgan fingerprint density at radius 3 is 2.30 bits per heavy atom.